The number of rotatable bonds is 3. The Labute approximate surface area is 104 Å². The fourth-order valence-electron chi connectivity index (χ4n) is 3.92. The molecule has 3 nitrogen and oxygen atoms in total. The average molecular weight is 239 g/mol. The second kappa shape index (κ2) is 3.98. The van der Waals surface area contributed by atoms with E-state index in [9.17, 15) is 9.90 Å². The highest BCUT2D eigenvalue weighted by Gasteiger charge is 2.53. The molecule has 2 rings (SSSR count). The molecule has 0 aromatic rings. The summed E-state index contributed by atoms with van der Waals surface area (Å²) in [7, 11) is 2.01. The van der Waals surface area contributed by atoms with Crippen molar-refractivity contribution in [2.45, 2.75) is 64.5 Å². The van der Waals surface area contributed by atoms with Gasteiger partial charge < -0.3 is 5.11 Å². The van der Waals surface area contributed by atoms with Crippen LogP contribution in [0.5, 0.6) is 0 Å². The Morgan fingerprint density at radius 2 is 1.88 bits per heavy atom. The van der Waals surface area contributed by atoms with Crippen LogP contribution in [0.15, 0.2) is 0 Å². The molecule has 3 heteroatoms. The van der Waals surface area contributed by atoms with Crippen LogP contribution >= 0.6 is 0 Å². The van der Waals surface area contributed by atoms with E-state index in [1.165, 1.54) is 12.8 Å². The second-order valence-corrected chi connectivity index (χ2v) is 7.03. The van der Waals surface area contributed by atoms with Crippen LogP contribution in [0.25, 0.3) is 0 Å². The molecule has 2 unspecified atom stereocenters. The van der Waals surface area contributed by atoms with E-state index in [2.05, 4.69) is 25.7 Å². The van der Waals surface area contributed by atoms with Crippen molar-refractivity contribution in [3.8, 4) is 0 Å². The van der Waals surface area contributed by atoms with Gasteiger partial charge in [-0.05, 0) is 50.5 Å². The second-order valence-electron chi connectivity index (χ2n) is 7.03. The Morgan fingerprint density at radius 1 is 1.29 bits per heavy atom. The van der Waals surface area contributed by atoms with Gasteiger partial charge >= 0.3 is 5.97 Å². The standard InChI is InChI=1S/C14H25NO2/c1-10-7-13(2,3)9-14(8-10,12(16)17)15(4)11-5-6-11/h10-11H,5-9H2,1-4H3,(H,16,17). The molecule has 0 aromatic heterocycles. The van der Waals surface area contributed by atoms with E-state index < -0.39 is 11.5 Å². The number of hydrogen-bond acceptors (Lipinski definition) is 2. The highest BCUT2D eigenvalue weighted by Crippen LogP contribution is 2.48. The summed E-state index contributed by atoms with van der Waals surface area (Å²) in [4.78, 5) is 14.0. The zero-order chi connectivity index (χ0) is 12.8. The van der Waals surface area contributed by atoms with Crippen molar-refractivity contribution in [2.24, 2.45) is 11.3 Å². The topological polar surface area (TPSA) is 40.5 Å². The maximum Gasteiger partial charge on any atom is 0.324 e. The normalized spacial score (nSPS) is 37.1. The SMILES string of the molecule is CC1CC(C)(C)CC(C(=O)O)(N(C)C2CC2)C1. The Kier molecular flexibility index (Phi) is 3.01. The molecular formula is C14H25NO2. The summed E-state index contributed by atoms with van der Waals surface area (Å²) in [6, 6.07) is 0.507. The minimum Gasteiger partial charge on any atom is -0.480 e. The van der Waals surface area contributed by atoms with Crippen LogP contribution in [-0.2, 0) is 4.79 Å². The highest BCUT2D eigenvalue weighted by molar-refractivity contribution is 5.79. The van der Waals surface area contributed by atoms with Gasteiger partial charge in [0.05, 0.1) is 0 Å². The molecule has 2 aliphatic carbocycles. The van der Waals surface area contributed by atoms with Crippen molar-refractivity contribution in [1.82, 2.24) is 4.90 Å². The van der Waals surface area contributed by atoms with Crippen LogP contribution in [0, 0.1) is 11.3 Å². The van der Waals surface area contributed by atoms with Crippen LogP contribution in [0.4, 0.5) is 0 Å². The maximum atomic E-state index is 11.8. The summed E-state index contributed by atoms with van der Waals surface area (Å²) in [6.07, 6.45) is 5.06. The lowest BCUT2D eigenvalue weighted by molar-refractivity contribution is -0.158. The van der Waals surface area contributed by atoms with Gasteiger partial charge in [-0.15, -0.1) is 0 Å². The van der Waals surface area contributed by atoms with Crippen LogP contribution in [0.3, 0.4) is 0 Å². The fraction of sp³-hybridized carbons (Fsp3) is 0.929. The Bertz CT molecular complexity index is 322. The number of nitrogens with zero attached hydrogens (tertiary/aromatic N) is 1. The van der Waals surface area contributed by atoms with E-state index in [-0.39, 0.29) is 5.41 Å². The summed E-state index contributed by atoms with van der Waals surface area (Å²) in [6.45, 7) is 6.61. The molecule has 2 fully saturated rings. The molecule has 0 amide bonds. The van der Waals surface area contributed by atoms with Gasteiger partial charge in [0.2, 0.25) is 0 Å². The van der Waals surface area contributed by atoms with Gasteiger partial charge in [-0.3, -0.25) is 9.69 Å². The van der Waals surface area contributed by atoms with Crippen molar-refractivity contribution < 1.29 is 9.90 Å². The van der Waals surface area contributed by atoms with Crippen molar-refractivity contribution in [3.05, 3.63) is 0 Å². The largest absolute Gasteiger partial charge is 0.480 e. The van der Waals surface area contributed by atoms with Crippen molar-refractivity contribution >= 4 is 5.97 Å². The fourth-order valence-corrected chi connectivity index (χ4v) is 3.92. The number of carboxylic acids is 1. The molecule has 17 heavy (non-hydrogen) atoms. The summed E-state index contributed by atoms with van der Waals surface area (Å²) >= 11 is 0. The quantitative estimate of drug-likeness (QED) is 0.823. The number of carbonyl (C=O) groups is 1. The first-order valence-corrected chi connectivity index (χ1v) is 6.73. The zero-order valence-electron chi connectivity index (χ0n) is 11.5. The molecule has 2 saturated carbocycles. The lowest BCUT2D eigenvalue weighted by Crippen LogP contribution is -2.59. The number of likely N-dealkylation sites (N-methyl/N-ethyl adjacent to an activating group) is 1. The summed E-state index contributed by atoms with van der Waals surface area (Å²) < 4.78 is 0. The Morgan fingerprint density at radius 3 is 2.29 bits per heavy atom. The van der Waals surface area contributed by atoms with E-state index in [0.717, 1.165) is 19.3 Å². The molecule has 0 spiro atoms. The summed E-state index contributed by atoms with van der Waals surface area (Å²) in [5.74, 6) is -0.123. The number of carboxylic acid groups (broad SMARTS) is 1. The van der Waals surface area contributed by atoms with E-state index in [4.69, 9.17) is 0 Å². The first kappa shape index (κ1) is 12.9. The number of hydrogen-bond donors (Lipinski definition) is 1. The summed E-state index contributed by atoms with van der Waals surface area (Å²) in [5.41, 5.74) is -0.485. The molecule has 2 atom stereocenters. The predicted octanol–water partition coefficient (Wildman–Crippen LogP) is 2.75. The molecule has 2 aliphatic rings. The first-order valence-electron chi connectivity index (χ1n) is 6.73. The smallest absolute Gasteiger partial charge is 0.324 e. The van der Waals surface area contributed by atoms with Crippen LogP contribution in [-0.4, -0.2) is 34.6 Å². The third-order valence-corrected chi connectivity index (χ3v) is 4.53. The molecule has 0 saturated heterocycles. The Hall–Kier alpha value is -0.570. The molecule has 1 N–H and O–H groups in total. The molecule has 98 valence electrons. The van der Waals surface area contributed by atoms with E-state index in [0.29, 0.717) is 12.0 Å². The van der Waals surface area contributed by atoms with Crippen LogP contribution in [0.2, 0.25) is 0 Å². The third-order valence-electron chi connectivity index (χ3n) is 4.53. The van der Waals surface area contributed by atoms with E-state index in [1.54, 1.807) is 0 Å². The molecule has 0 heterocycles. The maximum absolute atomic E-state index is 11.8. The molecule has 0 aromatic carbocycles. The lowest BCUT2D eigenvalue weighted by Gasteiger charge is -2.49. The molecule has 0 bridgehead atoms. The van der Waals surface area contributed by atoms with Gasteiger partial charge in [0.1, 0.15) is 5.54 Å². The van der Waals surface area contributed by atoms with Gasteiger partial charge in [0.15, 0.2) is 0 Å². The van der Waals surface area contributed by atoms with Crippen molar-refractivity contribution in [3.63, 3.8) is 0 Å². The number of aliphatic carboxylic acids is 1. The summed E-state index contributed by atoms with van der Waals surface area (Å²) in [5, 5.41) is 9.74. The van der Waals surface area contributed by atoms with Gasteiger partial charge in [0.25, 0.3) is 0 Å². The van der Waals surface area contributed by atoms with Crippen LogP contribution < -0.4 is 0 Å². The Balaban J connectivity index is 2.29. The molecular weight excluding hydrogens is 214 g/mol. The van der Waals surface area contributed by atoms with Crippen molar-refractivity contribution in [2.75, 3.05) is 7.05 Å². The average Bonchev–Trinajstić information content (AvgIpc) is 2.95. The highest BCUT2D eigenvalue weighted by atomic mass is 16.4. The van der Waals surface area contributed by atoms with Gasteiger partial charge in [-0.25, -0.2) is 0 Å². The van der Waals surface area contributed by atoms with Gasteiger partial charge in [-0.2, -0.15) is 0 Å². The van der Waals surface area contributed by atoms with Crippen LogP contribution in [0.1, 0.15) is 52.9 Å². The molecule has 0 radical (unpaired) electrons. The minimum atomic E-state index is -0.623. The van der Waals surface area contributed by atoms with Crippen molar-refractivity contribution in [1.29, 1.82) is 0 Å². The minimum absolute atomic E-state index is 0.138. The third kappa shape index (κ3) is 2.35. The predicted molar refractivity (Wildman–Crippen MR) is 67.9 cm³/mol. The first-order chi connectivity index (χ1) is 7.77. The van der Waals surface area contributed by atoms with Gasteiger partial charge in [0, 0.05) is 6.04 Å². The van der Waals surface area contributed by atoms with E-state index in [1.807, 2.05) is 7.05 Å². The lowest BCUT2D eigenvalue weighted by atomic mass is 9.63. The molecule has 0 aliphatic heterocycles. The van der Waals surface area contributed by atoms with Gasteiger partial charge in [-0.1, -0.05) is 20.8 Å². The monoisotopic (exact) mass is 239 g/mol. The zero-order valence-corrected chi connectivity index (χ0v) is 11.5. The van der Waals surface area contributed by atoms with E-state index >= 15 is 0 Å².